The van der Waals surface area contributed by atoms with Crippen molar-refractivity contribution in [3.8, 4) is 0 Å². The molecule has 0 radical (unpaired) electrons. The van der Waals surface area contributed by atoms with Crippen LogP contribution in [0, 0.1) is 5.41 Å². The quantitative estimate of drug-likeness (QED) is 0.724. The molecular formula is C14H22N2O3S. The summed E-state index contributed by atoms with van der Waals surface area (Å²) in [4.78, 5) is 24.1. The zero-order valence-corrected chi connectivity index (χ0v) is 12.9. The summed E-state index contributed by atoms with van der Waals surface area (Å²) in [6, 6.07) is 3.56. The van der Waals surface area contributed by atoms with Crippen LogP contribution in [0.15, 0.2) is 17.5 Å². The van der Waals surface area contributed by atoms with Crippen molar-refractivity contribution < 1.29 is 14.7 Å². The smallest absolute Gasteiger partial charge is 0.315 e. The first-order valence-electron chi connectivity index (χ1n) is 6.74. The van der Waals surface area contributed by atoms with Gasteiger partial charge >= 0.3 is 12.0 Å². The number of amides is 2. The lowest BCUT2D eigenvalue weighted by molar-refractivity contribution is -0.147. The molecule has 0 aromatic carbocycles. The molecule has 0 aliphatic carbocycles. The second kappa shape index (κ2) is 7.28. The second-order valence-electron chi connectivity index (χ2n) is 5.02. The van der Waals surface area contributed by atoms with E-state index in [1.807, 2.05) is 24.4 Å². The van der Waals surface area contributed by atoms with Crippen LogP contribution in [-0.4, -0.2) is 23.7 Å². The van der Waals surface area contributed by atoms with Crippen LogP contribution in [0.1, 0.15) is 44.5 Å². The van der Waals surface area contributed by atoms with E-state index in [-0.39, 0.29) is 18.6 Å². The molecule has 2 amide bonds. The lowest BCUT2D eigenvalue weighted by Gasteiger charge is -2.24. The first-order chi connectivity index (χ1) is 9.42. The average Bonchev–Trinajstić information content (AvgIpc) is 2.95. The van der Waals surface area contributed by atoms with Gasteiger partial charge in [0.1, 0.15) is 0 Å². The number of aliphatic carboxylic acids is 1. The van der Waals surface area contributed by atoms with Gasteiger partial charge in [0.2, 0.25) is 0 Å². The Hall–Kier alpha value is -1.56. The highest BCUT2D eigenvalue weighted by Crippen LogP contribution is 2.22. The molecule has 0 saturated heterocycles. The Morgan fingerprint density at radius 1 is 1.45 bits per heavy atom. The maximum absolute atomic E-state index is 11.9. The van der Waals surface area contributed by atoms with Crippen molar-refractivity contribution in [2.75, 3.05) is 6.54 Å². The second-order valence-corrected chi connectivity index (χ2v) is 6.00. The van der Waals surface area contributed by atoms with Gasteiger partial charge in [-0.2, -0.15) is 0 Å². The Bertz CT molecular complexity index is 447. The van der Waals surface area contributed by atoms with Crippen molar-refractivity contribution in [3.05, 3.63) is 22.4 Å². The van der Waals surface area contributed by atoms with Crippen LogP contribution in [0.25, 0.3) is 0 Å². The predicted molar refractivity (Wildman–Crippen MR) is 79.9 cm³/mol. The molecule has 1 aromatic rings. The molecule has 5 nitrogen and oxygen atoms in total. The Balaban J connectivity index is 2.53. The maximum atomic E-state index is 11.9. The van der Waals surface area contributed by atoms with E-state index >= 15 is 0 Å². The lowest BCUT2D eigenvalue weighted by atomic mass is 9.88. The van der Waals surface area contributed by atoms with Gasteiger partial charge in [-0.05, 0) is 31.2 Å². The van der Waals surface area contributed by atoms with Crippen molar-refractivity contribution in [2.24, 2.45) is 5.41 Å². The summed E-state index contributed by atoms with van der Waals surface area (Å²) in [6.45, 7) is 5.55. The van der Waals surface area contributed by atoms with Gasteiger partial charge in [0.25, 0.3) is 0 Å². The van der Waals surface area contributed by atoms with E-state index in [2.05, 4.69) is 10.6 Å². The van der Waals surface area contributed by atoms with Crippen LogP contribution >= 0.6 is 11.3 Å². The zero-order valence-electron chi connectivity index (χ0n) is 12.1. The molecule has 112 valence electrons. The third-order valence-corrected chi connectivity index (χ3v) is 4.52. The highest BCUT2D eigenvalue weighted by molar-refractivity contribution is 7.10. The minimum Gasteiger partial charge on any atom is -0.481 e. The molecule has 0 aliphatic heterocycles. The number of carboxylic acids is 1. The van der Waals surface area contributed by atoms with Crippen LogP contribution in [-0.2, 0) is 4.79 Å². The highest BCUT2D eigenvalue weighted by Gasteiger charge is 2.31. The summed E-state index contributed by atoms with van der Waals surface area (Å²) in [7, 11) is 0. The van der Waals surface area contributed by atoms with Crippen molar-refractivity contribution in [1.82, 2.24) is 10.6 Å². The Labute approximate surface area is 123 Å². The van der Waals surface area contributed by atoms with Gasteiger partial charge in [0, 0.05) is 11.4 Å². The van der Waals surface area contributed by atoms with Crippen molar-refractivity contribution in [2.45, 2.75) is 39.7 Å². The SMILES string of the molecule is CCC(NC(=O)NCC(C)(CC)C(=O)O)c1cccs1. The Morgan fingerprint density at radius 2 is 2.15 bits per heavy atom. The third kappa shape index (κ3) is 4.23. The highest BCUT2D eigenvalue weighted by atomic mass is 32.1. The topological polar surface area (TPSA) is 78.4 Å². The normalized spacial score (nSPS) is 15.2. The molecular weight excluding hydrogens is 276 g/mol. The van der Waals surface area contributed by atoms with Gasteiger partial charge in [-0.25, -0.2) is 4.79 Å². The summed E-state index contributed by atoms with van der Waals surface area (Å²) in [5.74, 6) is -0.898. The fourth-order valence-corrected chi connectivity index (χ4v) is 2.56. The van der Waals surface area contributed by atoms with Gasteiger partial charge < -0.3 is 15.7 Å². The zero-order chi connectivity index (χ0) is 15.2. The van der Waals surface area contributed by atoms with E-state index in [1.165, 1.54) is 0 Å². The number of hydrogen-bond donors (Lipinski definition) is 3. The Kier molecular flexibility index (Phi) is 6.01. The van der Waals surface area contributed by atoms with E-state index in [4.69, 9.17) is 5.11 Å². The monoisotopic (exact) mass is 298 g/mol. The van der Waals surface area contributed by atoms with E-state index < -0.39 is 11.4 Å². The molecule has 0 saturated carbocycles. The lowest BCUT2D eigenvalue weighted by Crippen LogP contribution is -2.45. The van der Waals surface area contributed by atoms with Crippen molar-refractivity contribution in [3.63, 3.8) is 0 Å². The third-order valence-electron chi connectivity index (χ3n) is 3.54. The summed E-state index contributed by atoms with van der Waals surface area (Å²) >= 11 is 1.59. The molecule has 20 heavy (non-hydrogen) atoms. The number of carboxylic acid groups (broad SMARTS) is 1. The number of carbonyl (C=O) groups excluding carboxylic acids is 1. The molecule has 0 aliphatic rings. The Morgan fingerprint density at radius 3 is 2.60 bits per heavy atom. The fourth-order valence-electron chi connectivity index (χ4n) is 1.70. The largest absolute Gasteiger partial charge is 0.481 e. The molecule has 0 spiro atoms. The fraction of sp³-hybridized carbons (Fsp3) is 0.571. The van der Waals surface area contributed by atoms with Gasteiger partial charge in [-0.15, -0.1) is 11.3 Å². The van der Waals surface area contributed by atoms with Crippen LogP contribution in [0.4, 0.5) is 4.79 Å². The minimum atomic E-state index is -0.929. The standard InChI is InChI=1S/C14H22N2O3S/c1-4-10(11-7-6-8-20-11)16-13(19)15-9-14(3,5-2)12(17)18/h6-8,10H,4-5,9H2,1-3H3,(H,17,18)(H2,15,16,19). The summed E-state index contributed by atoms with van der Waals surface area (Å²) in [5.41, 5.74) is -0.929. The van der Waals surface area contributed by atoms with E-state index in [9.17, 15) is 9.59 Å². The molecule has 0 bridgehead atoms. The van der Waals surface area contributed by atoms with Gasteiger partial charge in [-0.1, -0.05) is 19.9 Å². The maximum Gasteiger partial charge on any atom is 0.315 e. The molecule has 1 rings (SSSR count). The summed E-state index contributed by atoms with van der Waals surface area (Å²) in [5, 5.41) is 16.7. The van der Waals surface area contributed by atoms with Gasteiger partial charge in [-0.3, -0.25) is 4.79 Å². The molecule has 0 fully saturated rings. The summed E-state index contributed by atoms with van der Waals surface area (Å²) < 4.78 is 0. The van der Waals surface area contributed by atoms with Crippen molar-refractivity contribution >= 4 is 23.3 Å². The van der Waals surface area contributed by atoms with E-state index in [0.717, 1.165) is 11.3 Å². The number of hydrogen-bond acceptors (Lipinski definition) is 3. The van der Waals surface area contributed by atoms with Crippen LogP contribution in [0.3, 0.4) is 0 Å². The molecule has 3 N–H and O–H groups in total. The predicted octanol–water partition coefficient (Wildman–Crippen LogP) is 3.00. The van der Waals surface area contributed by atoms with Gasteiger partial charge in [0.15, 0.2) is 0 Å². The molecule has 2 atom stereocenters. The summed E-state index contributed by atoms with van der Waals surface area (Å²) in [6.07, 6.45) is 1.25. The number of thiophene rings is 1. The number of nitrogens with one attached hydrogen (secondary N) is 2. The molecule has 1 aromatic heterocycles. The van der Waals surface area contributed by atoms with Crippen LogP contribution in [0.2, 0.25) is 0 Å². The van der Waals surface area contributed by atoms with Gasteiger partial charge in [0.05, 0.1) is 11.5 Å². The average molecular weight is 298 g/mol. The first-order valence-corrected chi connectivity index (χ1v) is 7.62. The van der Waals surface area contributed by atoms with Crippen LogP contribution < -0.4 is 10.6 Å². The number of rotatable bonds is 7. The number of carbonyl (C=O) groups is 2. The number of urea groups is 1. The molecule has 2 unspecified atom stereocenters. The minimum absolute atomic E-state index is 0.0345. The molecule has 1 heterocycles. The first kappa shape index (κ1) is 16.5. The van der Waals surface area contributed by atoms with E-state index in [0.29, 0.717) is 6.42 Å². The van der Waals surface area contributed by atoms with Crippen LogP contribution in [0.5, 0.6) is 0 Å². The van der Waals surface area contributed by atoms with E-state index in [1.54, 1.807) is 25.2 Å². The van der Waals surface area contributed by atoms with Crippen molar-refractivity contribution in [1.29, 1.82) is 0 Å². The molecule has 6 heteroatoms.